The molecule has 3 nitrogen and oxygen atoms in total. The van der Waals surface area contributed by atoms with Crippen LogP contribution >= 0.6 is 0 Å². The first-order valence-electron chi connectivity index (χ1n) is 5.62. The highest BCUT2D eigenvalue weighted by Gasteiger charge is 2.24. The summed E-state index contributed by atoms with van der Waals surface area (Å²) in [4.78, 5) is 11.5. The van der Waals surface area contributed by atoms with Crippen molar-refractivity contribution in [1.82, 2.24) is 5.43 Å². The Morgan fingerprint density at radius 2 is 2.06 bits per heavy atom. The second-order valence-corrected chi connectivity index (χ2v) is 4.22. The van der Waals surface area contributed by atoms with Crippen LogP contribution in [0.1, 0.15) is 25.3 Å². The summed E-state index contributed by atoms with van der Waals surface area (Å²) in [6.45, 7) is 1.97. The van der Waals surface area contributed by atoms with Gasteiger partial charge in [-0.15, -0.1) is 0 Å². The van der Waals surface area contributed by atoms with Crippen molar-refractivity contribution in [3.8, 4) is 0 Å². The lowest BCUT2D eigenvalue weighted by Gasteiger charge is -2.01. The molecule has 2 rings (SSSR count). The number of nitrogens with one attached hydrogen (secondary N) is 1. The van der Waals surface area contributed by atoms with Crippen LogP contribution in [0.4, 0.5) is 0 Å². The number of benzene rings is 1. The van der Waals surface area contributed by atoms with E-state index in [1.807, 2.05) is 37.3 Å². The van der Waals surface area contributed by atoms with Crippen molar-refractivity contribution >= 4 is 11.6 Å². The lowest BCUT2D eigenvalue weighted by Crippen LogP contribution is -2.21. The molecule has 16 heavy (non-hydrogen) atoms. The van der Waals surface area contributed by atoms with E-state index in [1.165, 1.54) is 12.8 Å². The predicted octanol–water partition coefficient (Wildman–Crippen LogP) is 2.13. The maximum absolute atomic E-state index is 11.5. The third-order valence-corrected chi connectivity index (χ3v) is 2.73. The Hall–Kier alpha value is -1.64. The Labute approximate surface area is 95.6 Å². The van der Waals surface area contributed by atoms with Crippen molar-refractivity contribution < 1.29 is 4.79 Å². The molecule has 1 aromatic rings. The van der Waals surface area contributed by atoms with Crippen molar-refractivity contribution in [2.75, 3.05) is 0 Å². The van der Waals surface area contributed by atoms with Gasteiger partial charge >= 0.3 is 0 Å². The summed E-state index contributed by atoms with van der Waals surface area (Å²) >= 11 is 0. The van der Waals surface area contributed by atoms with Gasteiger partial charge in [-0.05, 0) is 31.2 Å². The highest BCUT2D eigenvalue weighted by atomic mass is 16.2. The minimum Gasteiger partial charge on any atom is -0.273 e. The largest absolute Gasteiger partial charge is 0.273 e. The van der Waals surface area contributed by atoms with Gasteiger partial charge < -0.3 is 0 Å². The van der Waals surface area contributed by atoms with Crippen LogP contribution < -0.4 is 5.43 Å². The number of rotatable bonds is 4. The van der Waals surface area contributed by atoms with Crippen molar-refractivity contribution in [3.63, 3.8) is 0 Å². The molecule has 0 spiro atoms. The molecule has 1 aliphatic rings. The average Bonchev–Trinajstić information content (AvgIpc) is 3.11. The average molecular weight is 216 g/mol. The molecule has 1 fully saturated rings. The molecule has 0 atom stereocenters. The second kappa shape index (κ2) is 4.92. The van der Waals surface area contributed by atoms with E-state index >= 15 is 0 Å². The van der Waals surface area contributed by atoms with E-state index in [9.17, 15) is 4.79 Å². The molecule has 1 amide bonds. The third kappa shape index (κ3) is 3.19. The zero-order valence-corrected chi connectivity index (χ0v) is 9.44. The predicted molar refractivity (Wildman–Crippen MR) is 64.1 cm³/mol. The standard InChI is InChI=1S/C13H16N2O/c1-10(12-7-8-12)14-15-13(16)9-11-5-3-2-4-6-11/h2-6,12H,7-9H2,1H3,(H,15,16)/b14-10-. The fourth-order valence-electron chi connectivity index (χ4n) is 1.56. The van der Waals surface area contributed by atoms with Crippen LogP contribution in [0.5, 0.6) is 0 Å². The van der Waals surface area contributed by atoms with Gasteiger partial charge in [-0.1, -0.05) is 30.3 Å². The topological polar surface area (TPSA) is 41.5 Å². The van der Waals surface area contributed by atoms with E-state index in [2.05, 4.69) is 10.5 Å². The molecule has 0 heterocycles. The second-order valence-electron chi connectivity index (χ2n) is 4.22. The lowest BCUT2D eigenvalue weighted by atomic mass is 10.1. The van der Waals surface area contributed by atoms with E-state index in [0.717, 1.165) is 11.3 Å². The number of hydrogen-bond acceptors (Lipinski definition) is 2. The molecule has 1 saturated carbocycles. The molecule has 0 saturated heterocycles. The minimum atomic E-state index is -0.0498. The van der Waals surface area contributed by atoms with Gasteiger partial charge in [0, 0.05) is 5.71 Å². The van der Waals surface area contributed by atoms with Gasteiger partial charge in [0.2, 0.25) is 5.91 Å². The number of carbonyl (C=O) groups excluding carboxylic acids is 1. The molecule has 3 heteroatoms. The maximum Gasteiger partial charge on any atom is 0.244 e. The Bertz CT molecular complexity index is 394. The molecule has 0 bridgehead atoms. The monoisotopic (exact) mass is 216 g/mol. The highest BCUT2D eigenvalue weighted by Crippen LogP contribution is 2.30. The van der Waals surface area contributed by atoms with Crippen molar-refractivity contribution in [1.29, 1.82) is 0 Å². The van der Waals surface area contributed by atoms with Gasteiger partial charge in [0.05, 0.1) is 6.42 Å². The van der Waals surface area contributed by atoms with E-state index in [0.29, 0.717) is 12.3 Å². The molecular formula is C13H16N2O. The molecule has 0 aliphatic heterocycles. The smallest absolute Gasteiger partial charge is 0.244 e. The summed E-state index contributed by atoms with van der Waals surface area (Å²) in [5.41, 5.74) is 4.66. The van der Waals surface area contributed by atoms with E-state index in [4.69, 9.17) is 0 Å². The molecule has 1 aromatic carbocycles. The van der Waals surface area contributed by atoms with E-state index < -0.39 is 0 Å². The van der Waals surface area contributed by atoms with Crippen LogP contribution in [0.2, 0.25) is 0 Å². The Balaban J connectivity index is 1.82. The molecule has 0 aromatic heterocycles. The normalized spacial score (nSPS) is 15.9. The zero-order chi connectivity index (χ0) is 11.4. The van der Waals surface area contributed by atoms with Gasteiger partial charge in [-0.2, -0.15) is 5.10 Å². The third-order valence-electron chi connectivity index (χ3n) is 2.73. The number of hydrogen-bond donors (Lipinski definition) is 1. The van der Waals surface area contributed by atoms with Gasteiger partial charge in [0.15, 0.2) is 0 Å². The summed E-state index contributed by atoms with van der Waals surface area (Å²) < 4.78 is 0. The zero-order valence-electron chi connectivity index (χ0n) is 9.44. The summed E-state index contributed by atoms with van der Waals surface area (Å²) in [7, 11) is 0. The van der Waals surface area contributed by atoms with E-state index in [-0.39, 0.29) is 5.91 Å². The van der Waals surface area contributed by atoms with Crippen molar-refractivity contribution in [2.45, 2.75) is 26.2 Å². The van der Waals surface area contributed by atoms with Gasteiger partial charge in [-0.3, -0.25) is 4.79 Å². The molecule has 0 unspecified atom stereocenters. The quantitative estimate of drug-likeness (QED) is 0.608. The van der Waals surface area contributed by atoms with E-state index in [1.54, 1.807) is 0 Å². The van der Waals surface area contributed by atoms with Crippen LogP contribution in [0, 0.1) is 5.92 Å². The molecule has 0 radical (unpaired) electrons. The van der Waals surface area contributed by atoms with Crippen molar-refractivity contribution in [2.24, 2.45) is 11.0 Å². The SMILES string of the molecule is C/C(=N/NC(=O)Cc1ccccc1)C1CC1. The lowest BCUT2D eigenvalue weighted by molar-refractivity contribution is -0.120. The summed E-state index contributed by atoms with van der Waals surface area (Å²) in [5.74, 6) is 0.559. The van der Waals surface area contributed by atoms with Gasteiger partial charge in [0.25, 0.3) is 0 Å². The fourth-order valence-corrected chi connectivity index (χ4v) is 1.56. The van der Waals surface area contributed by atoms with Gasteiger partial charge in [0.1, 0.15) is 0 Å². The highest BCUT2D eigenvalue weighted by molar-refractivity contribution is 5.88. The first kappa shape index (κ1) is 10.9. The first-order valence-corrected chi connectivity index (χ1v) is 5.62. The molecular weight excluding hydrogens is 200 g/mol. The summed E-state index contributed by atoms with van der Waals surface area (Å²) in [5, 5.41) is 4.10. The fraction of sp³-hybridized carbons (Fsp3) is 0.385. The minimum absolute atomic E-state index is 0.0498. The number of amides is 1. The summed E-state index contributed by atoms with van der Waals surface area (Å²) in [6.07, 6.45) is 2.82. The molecule has 84 valence electrons. The van der Waals surface area contributed by atoms with Crippen LogP contribution in [0.3, 0.4) is 0 Å². The molecule has 1 aliphatic carbocycles. The number of carbonyl (C=O) groups is 1. The maximum atomic E-state index is 11.5. The number of hydrazone groups is 1. The van der Waals surface area contributed by atoms with Crippen molar-refractivity contribution in [3.05, 3.63) is 35.9 Å². The Kier molecular flexibility index (Phi) is 3.34. The summed E-state index contributed by atoms with van der Waals surface area (Å²) in [6, 6.07) is 9.69. The Morgan fingerprint density at radius 1 is 1.38 bits per heavy atom. The molecule has 1 N–H and O–H groups in total. The van der Waals surface area contributed by atoms with Crippen LogP contribution in [0.15, 0.2) is 35.4 Å². The van der Waals surface area contributed by atoms with Crippen LogP contribution in [-0.4, -0.2) is 11.6 Å². The first-order chi connectivity index (χ1) is 7.75. The van der Waals surface area contributed by atoms with Crippen LogP contribution in [-0.2, 0) is 11.2 Å². The van der Waals surface area contributed by atoms with Gasteiger partial charge in [-0.25, -0.2) is 5.43 Å². The van der Waals surface area contributed by atoms with Crippen LogP contribution in [0.25, 0.3) is 0 Å². The number of nitrogens with zero attached hydrogens (tertiary/aromatic N) is 1. The Morgan fingerprint density at radius 3 is 2.69 bits per heavy atom.